The number of carbonyl (C=O) groups is 1. The molecule has 3 heteroatoms. The minimum Gasteiger partial charge on any atom is -0.322 e. The van der Waals surface area contributed by atoms with E-state index in [9.17, 15) is 4.79 Å². The van der Waals surface area contributed by atoms with Gasteiger partial charge in [-0.25, -0.2) is 0 Å². The predicted octanol–water partition coefficient (Wildman–Crippen LogP) is 3.68. The topological polar surface area (TPSA) is 32.3 Å². The van der Waals surface area contributed by atoms with Crippen LogP contribution in [0.1, 0.15) is 79.1 Å². The fourth-order valence-corrected chi connectivity index (χ4v) is 4.94. The van der Waals surface area contributed by atoms with Gasteiger partial charge in [-0.05, 0) is 37.0 Å². The summed E-state index contributed by atoms with van der Waals surface area (Å²) >= 11 is 0. The van der Waals surface area contributed by atoms with Gasteiger partial charge in [-0.1, -0.05) is 53.4 Å². The Morgan fingerprint density at radius 1 is 1.10 bits per heavy atom. The van der Waals surface area contributed by atoms with Gasteiger partial charge >= 0.3 is 0 Å². The van der Waals surface area contributed by atoms with Gasteiger partial charge < -0.3 is 4.90 Å². The lowest BCUT2D eigenvalue weighted by Gasteiger charge is -2.46. The monoisotopic (exact) mass is 292 g/mol. The molecule has 2 atom stereocenters. The molecule has 1 saturated heterocycles. The fraction of sp³-hybridized carbons (Fsp3) is 0.944. The quantitative estimate of drug-likeness (QED) is 0.842. The Bertz CT molecular complexity index is 409. The zero-order chi connectivity index (χ0) is 15.3. The smallest absolute Gasteiger partial charge is 0.244 e. The Morgan fingerprint density at radius 2 is 1.71 bits per heavy atom. The lowest BCUT2D eigenvalue weighted by atomic mass is 9.72. The molecular weight excluding hydrogens is 260 g/mol. The highest BCUT2D eigenvalue weighted by Gasteiger charge is 2.56. The van der Waals surface area contributed by atoms with E-state index in [1.807, 2.05) is 0 Å². The van der Waals surface area contributed by atoms with Crippen LogP contribution in [0, 0.1) is 11.3 Å². The Labute approximate surface area is 129 Å². The van der Waals surface area contributed by atoms with Crippen molar-refractivity contribution in [3.05, 3.63) is 0 Å². The van der Waals surface area contributed by atoms with Crippen molar-refractivity contribution < 1.29 is 4.79 Å². The summed E-state index contributed by atoms with van der Waals surface area (Å²) in [5.74, 6) is 0.894. The second kappa shape index (κ2) is 5.26. The molecule has 2 unspecified atom stereocenters. The number of carbonyl (C=O) groups excluding carboxylic acids is 1. The van der Waals surface area contributed by atoms with Crippen LogP contribution in [0.2, 0.25) is 0 Å². The SMILES string of the molecule is CC(C)C1NC2(CCCC2)C(=O)N1C1CCCCC1(C)C. The third-order valence-electron chi connectivity index (χ3n) is 6.24. The van der Waals surface area contributed by atoms with Crippen LogP contribution in [-0.2, 0) is 4.79 Å². The highest BCUT2D eigenvalue weighted by molar-refractivity contribution is 5.89. The maximum Gasteiger partial charge on any atom is 0.244 e. The Hall–Kier alpha value is -0.570. The lowest BCUT2D eigenvalue weighted by molar-refractivity contribution is -0.139. The van der Waals surface area contributed by atoms with Gasteiger partial charge in [-0.2, -0.15) is 0 Å². The molecule has 0 aromatic heterocycles. The van der Waals surface area contributed by atoms with Crippen LogP contribution in [0.5, 0.6) is 0 Å². The standard InChI is InChI=1S/C18H32N2O/c1-13(2)15-19-18(11-7-8-12-18)16(21)20(15)14-9-5-6-10-17(14,3)4/h13-15,19H,5-12H2,1-4H3. The van der Waals surface area contributed by atoms with E-state index in [1.165, 1.54) is 38.5 Å². The summed E-state index contributed by atoms with van der Waals surface area (Å²) in [6.45, 7) is 9.23. The van der Waals surface area contributed by atoms with Crippen molar-refractivity contribution in [1.82, 2.24) is 10.2 Å². The molecule has 1 heterocycles. The Balaban J connectivity index is 1.92. The first-order valence-corrected chi connectivity index (χ1v) is 8.98. The molecule has 0 aromatic carbocycles. The molecule has 3 aliphatic rings. The lowest BCUT2D eigenvalue weighted by Crippen LogP contribution is -2.54. The van der Waals surface area contributed by atoms with E-state index in [4.69, 9.17) is 0 Å². The van der Waals surface area contributed by atoms with Gasteiger partial charge in [0.15, 0.2) is 0 Å². The maximum atomic E-state index is 13.3. The molecule has 0 bridgehead atoms. The van der Waals surface area contributed by atoms with E-state index in [1.54, 1.807) is 0 Å². The van der Waals surface area contributed by atoms with Crippen molar-refractivity contribution in [2.75, 3.05) is 0 Å². The summed E-state index contributed by atoms with van der Waals surface area (Å²) in [6.07, 6.45) is 9.73. The minimum atomic E-state index is -0.220. The number of amides is 1. The molecule has 21 heavy (non-hydrogen) atoms. The zero-order valence-corrected chi connectivity index (χ0v) is 14.2. The van der Waals surface area contributed by atoms with Crippen LogP contribution in [0.3, 0.4) is 0 Å². The summed E-state index contributed by atoms with van der Waals surface area (Å²) in [5.41, 5.74) is 0.0370. The van der Waals surface area contributed by atoms with E-state index in [-0.39, 0.29) is 17.1 Å². The van der Waals surface area contributed by atoms with Gasteiger partial charge in [0.1, 0.15) is 0 Å². The van der Waals surface area contributed by atoms with Gasteiger partial charge in [0, 0.05) is 6.04 Å². The second-order valence-electron chi connectivity index (χ2n) is 8.58. The number of nitrogens with zero attached hydrogens (tertiary/aromatic N) is 1. The second-order valence-corrected chi connectivity index (χ2v) is 8.58. The van der Waals surface area contributed by atoms with Crippen molar-refractivity contribution in [3.8, 4) is 0 Å². The molecule has 1 amide bonds. The summed E-state index contributed by atoms with van der Waals surface area (Å²) in [5, 5.41) is 3.78. The highest BCUT2D eigenvalue weighted by Crippen LogP contribution is 2.45. The zero-order valence-electron chi connectivity index (χ0n) is 14.2. The first-order chi connectivity index (χ1) is 9.87. The molecule has 1 N–H and O–H groups in total. The Morgan fingerprint density at radius 3 is 2.29 bits per heavy atom. The molecule has 3 rings (SSSR count). The van der Waals surface area contributed by atoms with E-state index in [0.717, 1.165) is 12.8 Å². The summed E-state index contributed by atoms with van der Waals surface area (Å²) in [7, 11) is 0. The normalized spacial score (nSPS) is 35.1. The van der Waals surface area contributed by atoms with Crippen molar-refractivity contribution in [2.24, 2.45) is 11.3 Å². The van der Waals surface area contributed by atoms with Crippen molar-refractivity contribution in [1.29, 1.82) is 0 Å². The average Bonchev–Trinajstić information content (AvgIpc) is 2.98. The van der Waals surface area contributed by atoms with Crippen molar-refractivity contribution >= 4 is 5.91 Å². The number of hydrogen-bond donors (Lipinski definition) is 1. The first-order valence-electron chi connectivity index (χ1n) is 8.98. The third kappa shape index (κ3) is 2.42. The van der Waals surface area contributed by atoms with Crippen LogP contribution in [0.4, 0.5) is 0 Å². The molecule has 0 aromatic rings. The molecule has 1 spiro atoms. The van der Waals surface area contributed by atoms with E-state index in [2.05, 4.69) is 37.9 Å². The fourth-order valence-electron chi connectivity index (χ4n) is 4.94. The molecular formula is C18H32N2O. The summed E-state index contributed by atoms with van der Waals surface area (Å²) in [6, 6.07) is 0.415. The van der Waals surface area contributed by atoms with Crippen LogP contribution < -0.4 is 5.32 Å². The number of hydrogen-bond acceptors (Lipinski definition) is 2. The summed E-state index contributed by atoms with van der Waals surface area (Å²) in [4.78, 5) is 15.6. The average molecular weight is 292 g/mol. The van der Waals surface area contributed by atoms with Gasteiger partial charge in [0.2, 0.25) is 5.91 Å². The van der Waals surface area contributed by atoms with Gasteiger partial charge in [-0.15, -0.1) is 0 Å². The largest absolute Gasteiger partial charge is 0.322 e. The van der Waals surface area contributed by atoms with E-state index >= 15 is 0 Å². The van der Waals surface area contributed by atoms with Crippen LogP contribution >= 0.6 is 0 Å². The van der Waals surface area contributed by atoms with E-state index < -0.39 is 0 Å². The predicted molar refractivity (Wildman–Crippen MR) is 85.8 cm³/mol. The van der Waals surface area contributed by atoms with Crippen molar-refractivity contribution in [3.63, 3.8) is 0 Å². The van der Waals surface area contributed by atoms with E-state index in [0.29, 0.717) is 17.9 Å². The van der Waals surface area contributed by atoms with Gasteiger partial charge in [0.25, 0.3) is 0 Å². The van der Waals surface area contributed by atoms with Gasteiger partial charge in [-0.3, -0.25) is 10.1 Å². The third-order valence-corrected chi connectivity index (χ3v) is 6.24. The molecule has 120 valence electrons. The minimum absolute atomic E-state index is 0.220. The molecule has 3 fully saturated rings. The van der Waals surface area contributed by atoms with Crippen molar-refractivity contribution in [2.45, 2.75) is 96.8 Å². The molecule has 0 radical (unpaired) electrons. The first kappa shape index (κ1) is 15.3. The van der Waals surface area contributed by atoms with Crippen LogP contribution in [-0.4, -0.2) is 28.6 Å². The number of rotatable bonds is 2. The molecule has 2 aliphatic carbocycles. The highest BCUT2D eigenvalue weighted by atomic mass is 16.2. The van der Waals surface area contributed by atoms with Crippen LogP contribution in [0.15, 0.2) is 0 Å². The molecule has 3 nitrogen and oxygen atoms in total. The number of nitrogens with one attached hydrogen (secondary N) is 1. The van der Waals surface area contributed by atoms with Gasteiger partial charge in [0.05, 0.1) is 11.7 Å². The molecule has 2 saturated carbocycles. The van der Waals surface area contributed by atoms with Crippen LogP contribution in [0.25, 0.3) is 0 Å². The maximum absolute atomic E-state index is 13.3. The Kier molecular flexibility index (Phi) is 3.84. The summed E-state index contributed by atoms with van der Waals surface area (Å²) < 4.78 is 0. The molecule has 1 aliphatic heterocycles.